The van der Waals surface area contributed by atoms with E-state index < -0.39 is 0 Å². The maximum absolute atomic E-state index is 12.7. The van der Waals surface area contributed by atoms with E-state index in [0.717, 1.165) is 5.56 Å². The van der Waals surface area contributed by atoms with Crippen LogP contribution in [-0.4, -0.2) is 33.3 Å². The molecule has 1 amide bonds. The highest BCUT2D eigenvalue weighted by Gasteiger charge is 2.14. The number of aromatic nitrogens is 3. The molecule has 2 aromatic heterocycles. The van der Waals surface area contributed by atoms with Crippen LogP contribution < -0.4 is 15.6 Å². The number of nitrogens with zero attached hydrogens (tertiary/aromatic N) is 3. The second kappa shape index (κ2) is 8.71. The van der Waals surface area contributed by atoms with Crippen molar-refractivity contribution in [1.29, 1.82) is 0 Å². The van der Waals surface area contributed by atoms with Crippen molar-refractivity contribution in [2.24, 2.45) is 0 Å². The van der Waals surface area contributed by atoms with Gasteiger partial charge in [0.2, 0.25) is 5.91 Å². The van der Waals surface area contributed by atoms with E-state index in [2.05, 4.69) is 21.9 Å². The molecule has 0 atom stereocenters. The molecule has 144 valence electrons. The van der Waals surface area contributed by atoms with Gasteiger partial charge in [-0.1, -0.05) is 23.9 Å². The van der Waals surface area contributed by atoms with Crippen LogP contribution in [0.3, 0.4) is 0 Å². The van der Waals surface area contributed by atoms with Crippen molar-refractivity contribution < 1.29 is 9.53 Å². The Balaban J connectivity index is 1.82. The molecule has 1 N–H and O–H groups in total. The number of thioether (sulfide) groups is 1. The molecule has 7 nitrogen and oxygen atoms in total. The third-order valence-electron chi connectivity index (χ3n) is 3.97. The van der Waals surface area contributed by atoms with Gasteiger partial charge in [-0.25, -0.2) is 9.97 Å². The van der Waals surface area contributed by atoms with Gasteiger partial charge in [0.15, 0.2) is 10.8 Å². The van der Waals surface area contributed by atoms with Gasteiger partial charge in [0.05, 0.1) is 23.9 Å². The van der Waals surface area contributed by atoms with Crippen molar-refractivity contribution in [3.8, 4) is 5.75 Å². The van der Waals surface area contributed by atoms with Crippen LogP contribution >= 0.6 is 11.8 Å². The summed E-state index contributed by atoms with van der Waals surface area (Å²) >= 11 is 1.17. The summed E-state index contributed by atoms with van der Waals surface area (Å²) in [7, 11) is 1.55. The van der Waals surface area contributed by atoms with Crippen LogP contribution in [0.15, 0.2) is 59.1 Å². The first-order valence-electron chi connectivity index (χ1n) is 8.57. The molecule has 0 fully saturated rings. The van der Waals surface area contributed by atoms with E-state index in [1.807, 2.05) is 19.1 Å². The van der Waals surface area contributed by atoms with Gasteiger partial charge >= 0.3 is 0 Å². The van der Waals surface area contributed by atoms with Crippen molar-refractivity contribution in [2.45, 2.75) is 18.6 Å². The molecule has 0 unspecified atom stereocenters. The van der Waals surface area contributed by atoms with Gasteiger partial charge in [-0.3, -0.25) is 14.2 Å². The molecule has 0 aliphatic carbocycles. The van der Waals surface area contributed by atoms with Crippen LogP contribution in [0.4, 0.5) is 5.69 Å². The number of fused-ring (bicyclic) bond motifs is 1. The highest BCUT2D eigenvalue weighted by atomic mass is 32.2. The Labute approximate surface area is 166 Å². The highest BCUT2D eigenvalue weighted by Crippen LogP contribution is 2.26. The summed E-state index contributed by atoms with van der Waals surface area (Å²) in [5, 5.41) is 3.69. The number of nitrogens with one attached hydrogen (secondary N) is 1. The number of allylic oxidation sites excluding steroid dienone is 1. The lowest BCUT2D eigenvalue weighted by atomic mass is 10.2. The van der Waals surface area contributed by atoms with Crippen LogP contribution in [0, 0.1) is 6.92 Å². The molecule has 8 heteroatoms. The molecule has 0 saturated heterocycles. The Bertz CT molecular complexity index is 1090. The number of carbonyl (C=O) groups excluding carboxylic acids is 1. The summed E-state index contributed by atoms with van der Waals surface area (Å²) in [5.41, 5.74) is 1.76. The molecule has 0 aliphatic heterocycles. The van der Waals surface area contributed by atoms with E-state index in [4.69, 9.17) is 4.74 Å². The summed E-state index contributed by atoms with van der Waals surface area (Å²) in [6, 6.07) is 8.93. The third-order valence-corrected chi connectivity index (χ3v) is 4.94. The number of anilines is 1. The zero-order valence-corrected chi connectivity index (χ0v) is 16.5. The molecule has 0 radical (unpaired) electrons. The van der Waals surface area contributed by atoms with Gasteiger partial charge in [-0.2, -0.15) is 0 Å². The minimum Gasteiger partial charge on any atom is -0.495 e. The lowest BCUT2D eigenvalue weighted by Gasteiger charge is -2.12. The molecule has 2 heterocycles. The van der Waals surface area contributed by atoms with E-state index in [1.165, 1.54) is 16.3 Å². The lowest BCUT2D eigenvalue weighted by Crippen LogP contribution is -2.24. The van der Waals surface area contributed by atoms with Gasteiger partial charge in [0.25, 0.3) is 5.56 Å². The molecule has 28 heavy (non-hydrogen) atoms. The average Bonchev–Trinajstić information content (AvgIpc) is 2.69. The number of hydrogen-bond acceptors (Lipinski definition) is 6. The molecule has 0 spiro atoms. The fourth-order valence-electron chi connectivity index (χ4n) is 2.67. The minimum absolute atomic E-state index is 0.0824. The van der Waals surface area contributed by atoms with Gasteiger partial charge in [-0.15, -0.1) is 6.58 Å². The lowest BCUT2D eigenvalue weighted by molar-refractivity contribution is -0.113. The zero-order chi connectivity index (χ0) is 20.1. The number of aryl methyl sites for hydroxylation is 1. The Morgan fingerprint density at radius 2 is 2.21 bits per heavy atom. The number of methoxy groups -OCH3 is 1. The Hall–Kier alpha value is -3.13. The van der Waals surface area contributed by atoms with Crippen molar-refractivity contribution in [3.63, 3.8) is 0 Å². The Morgan fingerprint density at radius 3 is 2.96 bits per heavy atom. The number of rotatable bonds is 7. The second-order valence-electron chi connectivity index (χ2n) is 6.01. The van der Waals surface area contributed by atoms with Crippen molar-refractivity contribution in [2.75, 3.05) is 18.2 Å². The van der Waals surface area contributed by atoms with Crippen molar-refractivity contribution in [1.82, 2.24) is 14.5 Å². The van der Waals surface area contributed by atoms with Gasteiger partial charge in [-0.05, 0) is 36.8 Å². The quantitative estimate of drug-likeness (QED) is 0.375. The summed E-state index contributed by atoms with van der Waals surface area (Å²) in [6.45, 7) is 5.92. The first-order valence-corrected chi connectivity index (χ1v) is 9.55. The summed E-state index contributed by atoms with van der Waals surface area (Å²) in [4.78, 5) is 33.7. The normalized spacial score (nSPS) is 10.6. The van der Waals surface area contributed by atoms with Crippen LogP contribution in [0.5, 0.6) is 5.75 Å². The van der Waals surface area contributed by atoms with E-state index in [1.54, 1.807) is 37.6 Å². The predicted molar refractivity (Wildman–Crippen MR) is 111 cm³/mol. The molecular weight excluding hydrogens is 376 g/mol. The first kappa shape index (κ1) is 19.6. The van der Waals surface area contributed by atoms with Crippen molar-refractivity contribution >= 4 is 34.4 Å². The van der Waals surface area contributed by atoms with E-state index in [-0.39, 0.29) is 17.2 Å². The number of amides is 1. The Morgan fingerprint density at radius 1 is 1.39 bits per heavy atom. The van der Waals surface area contributed by atoms with E-state index in [9.17, 15) is 9.59 Å². The van der Waals surface area contributed by atoms with Gasteiger partial charge in [0.1, 0.15) is 5.75 Å². The van der Waals surface area contributed by atoms with Crippen molar-refractivity contribution in [3.05, 3.63) is 65.1 Å². The van der Waals surface area contributed by atoms with Crippen LogP contribution in [0.25, 0.3) is 11.0 Å². The standard InChI is InChI=1S/C20H20N4O3S/c1-4-10-24-19(26)14-6-5-9-21-18(14)23-20(24)28-12-17(25)22-15-11-13(2)7-8-16(15)27-3/h4-9,11H,1,10,12H2,2-3H3,(H,22,25). The van der Waals surface area contributed by atoms with Crippen LogP contribution in [0.2, 0.25) is 0 Å². The first-order chi connectivity index (χ1) is 13.5. The number of benzene rings is 1. The zero-order valence-electron chi connectivity index (χ0n) is 15.6. The fourth-order valence-corrected chi connectivity index (χ4v) is 3.47. The molecule has 3 aromatic rings. The Kier molecular flexibility index (Phi) is 6.10. The van der Waals surface area contributed by atoms with E-state index >= 15 is 0 Å². The number of hydrogen-bond donors (Lipinski definition) is 1. The maximum atomic E-state index is 12.7. The van der Waals surface area contributed by atoms with Gasteiger partial charge in [0, 0.05) is 12.7 Å². The number of carbonyl (C=O) groups is 1. The van der Waals surface area contributed by atoms with Gasteiger partial charge < -0.3 is 10.1 Å². The smallest absolute Gasteiger partial charge is 0.263 e. The summed E-state index contributed by atoms with van der Waals surface area (Å²) < 4.78 is 6.77. The van der Waals surface area contributed by atoms with Crippen LogP contribution in [-0.2, 0) is 11.3 Å². The SMILES string of the molecule is C=CCn1c(SCC(=O)Nc2cc(C)ccc2OC)nc2ncccc2c1=O. The summed E-state index contributed by atoms with van der Waals surface area (Å²) in [6.07, 6.45) is 3.20. The minimum atomic E-state index is -0.227. The summed E-state index contributed by atoms with van der Waals surface area (Å²) in [5.74, 6) is 0.439. The third kappa shape index (κ3) is 4.23. The molecular formula is C20H20N4O3S. The highest BCUT2D eigenvalue weighted by molar-refractivity contribution is 7.99. The number of pyridine rings is 1. The topological polar surface area (TPSA) is 86.1 Å². The number of ether oxygens (including phenoxy) is 1. The largest absolute Gasteiger partial charge is 0.495 e. The molecule has 0 aliphatic rings. The molecule has 1 aromatic carbocycles. The monoisotopic (exact) mass is 396 g/mol. The molecule has 0 bridgehead atoms. The van der Waals surface area contributed by atoms with Crippen LogP contribution in [0.1, 0.15) is 5.56 Å². The second-order valence-corrected chi connectivity index (χ2v) is 6.96. The maximum Gasteiger partial charge on any atom is 0.263 e. The van der Waals surface area contributed by atoms with E-state index in [0.29, 0.717) is 34.2 Å². The predicted octanol–water partition coefficient (Wildman–Crippen LogP) is 3.03. The molecule has 3 rings (SSSR count). The molecule has 0 saturated carbocycles. The average molecular weight is 396 g/mol. The fraction of sp³-hybridized carbons (Fsp3) is 0.200.